The lowest BCUT2D eigenvalue weighted by atomic mass is 9.92. The van der Waals surface area contributed by atoms with Crippen LogP contribution in [0.3, 0.4) is 0 Å². The minimum atomic E-state index is 0. The smallest absolute Gasteiger partial charge is 0.138 e. The molecule has 0 radical (unpaired) electrons. The standard InChI is InChI=1S/C35H37ClN2O2.ClH/c1-3-4-15-32(31(25-39)29-16-18-30-28(24-29)17-19-33(40-2)34(30)36)37-20-22-38(23-21-37)35(26-11-7-5-8-12-26)27-13-9-6-10-14-27;/h5-14,16-19,24,32,35H,3-4,15,20-23H2,1-2H3;1H. The molecule has 1 saturated heterocycles. The van der Waals surface area contributed by atoms with Crippen molar-refractivity contribution in [1.82, 2.24) is 9.80 Å². The third kappa shape index (κ3) is 6.86. The molecule has 5 rings (SSSR count). The van der Waals surface area contributed by atoms with Gasteiger partial charge < -0.3 is 4.74 Å². The summed E-state index contributed by atoms with van der Waals surface area (Å²) >= 11 is 6.57. The summed E-state index contributed by atoms with van der Waals surface area (Å²) in [5.74, 6) is 3.02. The molecule has 1 fully saturated rings. The second-order valence-electron chi connectivity index (χ2n) is 10.5. The van der Waals surface area contributed by atoms with Crippen LogP contribution in [0, 0.1) is 0 Å². The lowest BCUT2D eigenvalue weighted by Gasteiger charge is -2.43. The Labute approximate surface area is 255 Å². The molecule has 0 aromatic heterocycles. The Kier molecular flexibility index (Phi) is 11.0. The van der Waals surface area contributed by atoms with Gasteiger partial charge in [-0.3, -0.25) is 9.80 Å². The number of benzene rings is 4. The van der Waals surface area contributed by atoms with E-state index in [0.717, 1.165) is 67.4 Å². The Bertz CT molecular complexity index is 1420. The highest BCUT2D eigenvalue weighted by Gasteiger charge is 2.31. The molecule has 0 bridgehead atoms. The average molecular weight is 590 g/mol. The van der Waals surface area contributed by atoms with Gasteiger partial charge in [-0.15, -0.1) is 12.4 Å². The van der Waals surface area contributed by atoms with E-state index in [-0.39, 0.29) is 24.5 Å². The molecule has 1 heterocycles. The summed E-state index contributed by atoms with van der Waals surface area (Å²) in [6.45, 7) is 5.85. The van der Waals surface area contributed by atoms with Crippen molar-refractivity contribution in [3.63, 3.8) is 0 Å². The van der Waals surface area contributed by atoms with Crippen molar-refractivity contribution in [2.75, 3.05) is 33.3 Å². The highest BCUT2D eigenvalue weighted by Crippen LogP contribution is 2.36. The molecule has 1 aliphatic rings. The molecule has 1 aliphatic heterocycles. The van der Waals surface area contributed by atoms with Gasteiger partial charge in [-0.05, 0) is 40.6 Å². The van der Waals surface area contributed by atoms with Crippen LogP contribution in [0.25, 0.3) is 16.3 Å². The predicted octanol–water partition coefficient (Wildman–Crippen LogP) is 8.10. The first kappa shape index (κ1) is 30.8. The Hall–Kier alpha value is -3.11. The van der Waals surface area contributed by atoms with Crippen molar-refractivity contribution >= 4 is 46.3 Å². The zero-order valence-corrected chi connectivity index (χ0v) is 25.3. The molecule has 0 amide bonds. The second-order valence-corrected chi connectivity index (χ2v) is 10.9. The van der Waals surface area contributed by atoms with Gasteiger partial charge >= 0.3 is 0 Å². The number of rotatable bonds is 10. The van der Waals surface area contributed by atoms with Crippen LogP contribution in [-0.2, 0) is 4.79 Å². The van der Waals surface area contributed by atoms with Crippen molar-refractivity contribution in [3.05, 3.63) is 113 Å². The van der Waals surface area contributed by atoms with Crippen molar-refractivity contribution in [2.24, 2.45) is 0 Å². The van der Waals surface area contributed by atoms with Crippen LogP contribution in [0.4, 0.5) is 0 Å². The number of halogens is 2. The minimum Gasteiger partial charge on any atom is -0.495 e. The lowest BCUT2D eigenvalue weighted by Crippen LogP contribution is -2.51. The normalized spacial score (nSPS) is 14.8. The van der Waals surface area contributed by atoms with Gasteiger partial charge in [0.25, 0.3) is 0 Å². The Balaban J connectivity index is 0.00000387. The molecule has 0 N–H and O–H groups in total. The van der Waals surface area contributed by atoms with E-state index in [4.69, 9.17) is 16.3 Å². The maximum atomic E-state index is 12.6. The van der Waals surface area contributed by atoms with Crippen molar-refractivity contribution in [2.45, 2.75) is 38.3 Å². The number of unbranched alkanes of at least 4 members (excludes halogenated alkanes) is 1. The quantitative estimate of drug-likeness (QED) is 0.175. The molecule has 4 aromatic carbocycles. The Morgan fingerprint density at radius 2 is 1.49 bits per heavy atom. The zero-order valence-electron chi connectivity index (χ0n) is 23.8. The van der Waals surface area contributed by atoms with E-state index in [1.54, 1.807) is 7.11 Å². The second kappa shape index (κ2) is 14.7. The first-order valence-corrected chi connectivity index (χ1v) is 14.6. The summed E-state index contributed by atoms with van der Waals surface area (Å²) in [5, 5.41) is 2.50. The number of piperazine rings is 1. The predicted molar refractivity (Wildman–Crippen MR) is 173 cm³/mol. The summed E-state index contributed by atoms with van der Waals surface area (Å²) in [6.07, 6.45) is 3.08. The van der Waals surface area contributed by atoms with E-state index in [0.29, 0.717) is 10.8 Å². The number of ether oxygens (including phenoxy) is 1. The molecule has 41 heavy (non-hydrogen) atoms. The molecule has 6 heteroatoms. The number of methoxy groups -OCH3 is 1. The van der Waals surface area contributed by atoms with E-state index in [1.807, 2.05) is 24.3 Å². The first-order chi connectivity index (χ1) is 19.6. The summed E-state index contributed by atoms with van der Waals surface area (Å²) in [5.41, 5.74) is 4.27. The van der Waals surface area contributed by atoms with E-state index in [1.165, 1.54) is 11.1 Å². The highest BCUT2D eigenvalue weighted by atomic mass is 35.5. The third-order valence-electron chi connectivity index (χ3n) is 8.11. The maximum absolute atomic E-state index is 12.6. The molecule has 0 spiro atoms. The average Bonchev–Trinajstić information content (AvgIpc) is 3.01. The summed E-state index contributed by atoms with van der Waals surface area (Å²) in [6, 6.07) is 31.7. The molecule has 0 saturated carbocycles. The minimum absolute atomic E-state index is 0. The highest BCUT2D eigenvalue weighted by molar-refractivity contribution is 6.37. The molecular weight excluding hydrogens is 551 g/mol. The lowest BCUT2D eigenvalue weighted by molar-refractivity contribution is 0.0916. The monoisotopic (exact) mass is 588 g/mol. The van der Waals surface area contributed by atoms with Crippen molar-refractivity contribution < 1.29 is 9.53 Å². The van der Waals surface area contributed by atoms with Crippen LogP contribution in [0.2, 0.25) is 5.02 Å². The molecule has 1 unspecified atom stereocenters. The van der Waals surface area contributed by atoms with Crippen LogP contribution >= 0.6 is 24.0 Å². The van der Waals surface area contributed by atoms with Gasteiger partial charge in [0, 0.05) is 37.6 Å². The van der Waals surface area contributed by atoms with Gasteiger partial charge in [0.1, 0.15) is 11.7 Å². The topological polar surface area (TPSA) is 32.8 Å². The maximum Gasteiger partial charge on any atom is 0.138 e. The summed E-state index contributed by atoms with van der Waals surface area (Å²) in [7, 11) is 1.62. The zero-order chi connectivity index (χ0) is 27.9. The van der Waals surface area contributed by atoms with Crippen LogP contribution in [0.1, 0.15) is 48.9 Å². The number of nitrogens with zero attached hydrogens (tertiary/aromatic N) is 2. The molecule has 0 aliphatic carbocycles. The fourth-order valence-corrected chi connectivity index (χ4v) is 6.33. The number of carbonyl (C=O) groups excluding carboxylic acids is 1. The molecule has 4 nitrogen and oxygen atoms in total. The van der Waals surface area contributed by atoms with E-state index >= 15 is 0 Å². The van der Waals surface area contributed by atoms with Crippen LogP contribution in [0.15, 0.2) is 91.0 Å². The largest absolute Gasteiger partial charge is 0.495 e. The van der Waals surface area contributed by atoms with Gasteiger partial charge in [-0.25, -0.2) is 4.79 Å². The third-order valence-corrected chi connectivity index (χ3v) is 8.50. The van der Waals surface area contributed by atoms with Crippen LogP contribution in [0.5, 0.6) is 5.75 Å². The SMILES string of the molecule is CCCCC(C(=C=O)c1ccc2c(Cl)c(OC)ccc2c1)N1CCN(C(c2ccccc2)c2ccccc2)CC1.Cl. The number of hydrogen-bond donors (Lipinski definition) is 0. The number of hydrogen-bond acceptors (Lipinski definition) is 4. The van der Waals surface area contributed by atoms with E-state index in [2.05, 4.69) is 89.4 Å². The molecular formula is C35H38Cl2N2O2. The van der Waals surface area contributed by atoms with Gasteiger partial charge in [0.15, 0.2) is 0 Å². The van der Waals surface area contributed by atoms with E-state index in [9.17, 15) is 4.79 Å². The molecule has 214 valence electrons. The van der Waals surface area contributed by atoms with Crippen LogP contribution in [-0.4, -0.2) is 55.1 Å². The van der Waals surface area contributed by atoms with Gasteiger partial charge in [0.05, 0.1) is 23.7 Å². The Morgan fingerprint density at radius 3 is 2.05 bits per heavy atom. The number of fused-ring (bicyclic) bond motifs is 1. The van der Waals surface area contributed by atoms with Crippen LogP contribution < -0.4 is 4.74 Å². The fraction of sp³-hybridized carbons (Fsp3) is 0.314. The van der Waals surface area contributed by atoms with Crippen molar-refractivity contribution in [3.8, 4) is 5.75 Å². The van der Waals surface area contributed by atoms with Gasteiger partial charge in [-0.2, -0.15) is 0 Å². The van der Waals surface area contributed by atoms with E-state index < -0.39 is 0 Å². The van der Waals surface area contributed by atoms with Crippen molar-refractivity contribution in [1.29, 1.82) is 0 Å². The first-order valence-electron chi connectivity index (χ1n) is 14.2. The molecule has 1 atom stereocenters. The Morgan fingerprint density at radius 1 is 0.878 bits per heavy atom. The summed E-state index contributed by atoms with van der Waals surface area (Å²) < 4.78 is 5.39. The van der Waals surface area contributed by atoms with Gasteiger partial charge in [-0.1, -0.05) is 110 Å². The summed E-state index contributed by atoms with van der Waals surface area (Å²) in [4.78, 5) is 17.6. The van der Waals surface area contributed by atoms with Gasteiger partial charge in [0.2, 0.25) is 0 Å². The fourth-order valence-electron chi connectivity index (χ4n) is 6.02. The molecule has 4 aromatic rings.